The van der Waals surface area contributed by atoms with Gasteiger partial charge in [0.25, 0.3) is 6.43 Å². The fourth-order valence-electron chi connectivity index (χ4n) is 1.47. The lowest BCUT2D eigenvalue weighted by Gasteiger charge is -2.05. The van der Waals surface area contributed by atoms with Crippen molar-refractivity contribution in [3.05, 3.63) is 47.7 Å². The van der Waals surface area contributed by atoms with Crippen LogP contribution in [0.4, 0.5) is 8.78 Å². The molecule has 0 saturated carbocycles. The summed E-state index contributed by atoms with van der Waals surface area (Å²) in [6, 6.07) is 9.01. The van der Waals surface area contributed by atoms with Gasteiger partial charge in [-0.15, -0.1) is 0 Å². The standard InChI is InChI=1S/C12H8F2O2/c13-12(14)10-4-2-1-3-9(10)11-6-5-8(7-15)16-11/h1-7,12H. The van der Waals surface area contributed by atoms with E-state index in [9.17, 15) is 13.6 Å². The molecule has 0 unspecified atom stereocenters. The van der Waals surface area contributed by atoms with E-state index in [4.69, 9.17) is 4.42 Å². The fourth-order valence-corrected chi connectivity index (χ4v) is 1.47. The predicted octanol–water partition coefficient (Wildman–Crippen LogP) is 3.70. The maximum atomic E-state index is 12.7. The average Bonchev–Trinajstić information content (AvgIpc) is 2.77. The lowest BCUT2D eigenvalue weighted by atomic mass is 10.1. The van der Waals surface area contributed by atoms with Gasteiger partial charge in [-0.1, -0.05) is 24.3 Å². The molecule has 1 heterocycles. The molecule has 0 amide bonds. The van der Waals surface area contributed by atoms with Gasteiger partial charge < -0.3 is 4.42 Å². The molecule has 0 spiro atoms. The highest BCUT2D eigenvalue weighted by molar-refractivity contribution is 5.73. The van der Waals surface area contributed by atoms with Crippen LogP contribution in [0, 0.1) is 0 Å². The van der Waals surface area contributed by atoms with Crippen LogP contribution < -0.4 is 0 Å². The highest BCUT2D eigenvalue weighted by Gasteiger charge is 2.15. The van der Waals surface area contributed by atoms with E-state index in [1.54, 1.807) is 6.07 Å². The number of benzene rings is 1. The third-order valence-corrected chi connectivity index (χ3v) is 2.20. The smallest absolute Gasteiger partial charge is 0.264 e. The third-order valence-electron chi connectivity index (χ3n) is 2.20. The molecule has 4 heteroatoms. The summed E-state index contributed by atoms with van der Waals surface area (Å²) in [5, 5.41) is 0. The van der Waals surface area contributed by atoms with Crippen molar-refractivity contribution in [2.75, 3.05) is 0 Å². The first-order chi connectivity index (χ1) is 7.72. The van der Waals surface area contributed by atoms with Crippen LogP contribution in [-0.2, 0) is 0 Å². The maximum absolute atomic E-state index is 12.7. The molecule has 1 aromatic heterocycles. The topological polar surface area (TPSA) is 30.2 Å². The number of carbonyl (C=O) groups is 1. The third kappa shape index (κ3) is 1.86. The van der Waals surface area contributed by atoms with Crippen LogP contribution in [0.25, 0.3) is 11.3 Å². The second-order valence-corrected chi connectivity index (χ2v) is 3.21. The zero-order valence-electron chi connectivity index (χ0n) is 8.19. The van der Waals surface area contributed by atoms with Crippen LogP contribution in [-0.4, -0.2) is 6.29 Å². The van der Waals surface area contributed by atoms with Gasteiger partial charge in [0.05, 0.1) is 0 Å². The van der Waals surface area contributed by atoms with Crippen molar-refractivity contribution in [3.63, 3.8) is 0 Å². The first kappa shape index (κ1) is 10.5. The number of rotatable bonds is 3. The molecule has 0 aliphatic heterocycles. The van der Waals surface area contributed by atoms with Crippen LogP contribution in [0.5, 0.6) is 0 Å². The van der Waals surface area contributed by atoms with Gasteiger partial charge in [0.15, 0.2) is 12.0 Å². The molecule has 0 aliphatic rings. The van der Waals surface area contributed by atoms with Crippen LogP contribution >= 0.6 is 0 Å². The molecule has 0 bridgehead atoms. The van der Waals surface area contributed by atoms with Crippen LogP contribution in [0.15, 0.2) is 40.8 Å². The van der Waals surface area contributed by atoms with Crippen molar-refractivity contribution in [1.82, 2.24) is 0 Å². The van der Waals surface area contributed by atoms with Gasteiger partial charge in [0, 0.05) is 11.1 Å². The SMILES string of the molecule is O=Cc1ccc(-c2ccccc2C(F)F)o1. The van der Waals surface area contributed by atoms with Gasteiger partial charge in [0.1, 0.15) is 5.76 Å². The summed E-state index contributed by atoms with van der Waals surface area (Å²) in [7, 11) is 0. The number of carbonyl (C=O) groups excluding carboxylic acids is 1. The van der Waals surface area contributed by atoms with E-state index >= 15 is 0 Å². The Labute approximate surface area is 90.5 Å². The maximum Gasteiger partial charge on any atom is 0.264 e. The van der Waals surface area contributed by atoms with Crippen LogP contribution in [0.2, 0.25) is 0 Å². The normalized spacial score (nSPS) is 10.7. The molecule has 1 aromatic carbocycles. The average molecular weight is 222 g/mol. The number of hydrogen-bond acceptors (Lipinski definition) is 2. The van der Waals surface area contributed by atoms with E-state index < -0.39 is 6.43 Å². The Morgan fingerprint density at radius 3 is 2.50 bits per heavy atom. The molecule has 2 nitrogen and oxygen atoms in total. The summed E-state index contributed by atoms with van der Waals surface area (Å²) < 4.78 is 30.5. The van der Waals surface area contributed by atoms with Gasteiger partial charge in [-0.25, -0.2) is 8.78 Å². The lowest BCUT2D eigenvalue weighted by Crippen LogP contribution is -1.88. The fraction of sp³-hybridized carbons (Fsp3) is 0.0833. The molecule has 82 valence electrons. The van der Waals surface area contributed by atoms with E-state index in [-0.39, 0.29) is 17.1 Å². The van der Waals surface area contributed by atoms with Gasteiger partial charge in [-0.05, 0) is 12.1 Å². The van der Waals surface area contributed by atoms with E-state index in [2.05, 4.69) is 0 Å². The Balaban J connectivity index is 2.50. The van der Waals surface area contributed by atoms with Crippen molar-refractivity contribution in [3.8, 4) is 11.3 Å². The Morgan fingerprint density at radius 2 is 1.88 bits per heavy atom. The van der Waals surface area contributed by atoms with E-state index in [0.29, 0.717) is 11.8 Å². The summed E-state index contributed by atoms with van der Waals surface area (Å²) in [5.41, 5.74) is 0.208. The van der Waals surface area contributed by atoms with Gasteiger partial charge in [-0.2, -0.15) is 0 Å². The Bertz CT molecular complexity index is 503. The molecule has 2 rings (SSSR count). The number of aldehydes is 1. The highest BCUT2D eigenvalue weighted by atomic mass is 19.3. The number of alkyl halides is 2. The van der Waals surface area contributed by atoms with Crippen molar-refractivity contribution < 1.29 is 18.0 Å². The first-order valence-electron chi connectivity index (χ1n) is 4.65. The quantitative estimate of drug-likeness (QED) is 0.741. The second kappa shape index (κ2) is 4.26. The molecule has 0 N–H and O–H groups in total. The largest absolute Gasteiger partial charge is 0.453 e. The summed E-state index contributed by atoms with van der Waals surface area (Å²) in [6.45, 7) is 0. The molecule has 0 fully saturated rings. The minimum atomic E-state index is -2.57. The van der Waals surface area contributed by atoms with E-state index in [1.807, 2.05) is 0 Å². The molecule has 0 atom stereocenters. The summed E-state index contributed by atoms with van der Waals surface area (Å²) in [5.74, 6) is 0.400. The Kier molecular flexibility index (Phi) is 2.81. The van der Waals surface area contributed by atoms with Crippen molar-refractivity contribution in [2.45, 2.75) is 6.43 Å². The molecular formula is C12H8F2O2. The van der Waals surface area contributed by atoms with Gasteiger partial charge in [-0.3, -0.25) is 4.79 Å². The minimum absolute atomic E-state index is 0.103. The van der Waals surface area contributed by atoms with Crippen molar-refractivity contribution in [2.24, 2.45) is 0 Å². The Hall–Kier alpha value is -1.97. The number of halogens is 2. The van der Waals surface area contributed by atoms with Gasteiger partial charge >= 0.3 is 0 Å². The molecule has 0 aliphatic carbocycles. The predicted molar refractivity (Wildman–Crippen MR) is 54.5 cm³/mol. The van der Waals surface area contributed by atoms with Crippen molar-refractivity contribution >= 4 is 6.29 Å². The second-order valence-electron chi connectivity index (χ2n) is 3.21. The summed E-state index contributed by atoms with van der Waals surface area (Å²) in [4.78, 5) is 10.4. The Morgan fingerprint density at radius 1 is 1.12 bits per heavy atom. The lowest BCUT2D eigenvalue weighted by molar-refractivity contribution is 0.110. The number of hydrogen-bond donors (Lipinski definition) is 0. The van der Waals surface area contributed by atoms with E-state index in [0.717, 1.165) is 0 Å². The minimum Gasteiger partial charge on any atom is -0.453 e. The molecule has 0 saturated heterocycles. The van der Waals surface area contributed by atoms with E-state index in [1.165, 1.54) is 30.3 Å². The molecule has 2 aromatic rings. The van der Waals surface area contributed by atoms with Crippen LogP contribution in [0.3, 0.4) is 0 Å². The van der Waals surface area contributed by atoms with Gasteiger partial charge in [0.2, 0.25) is 0 Å². The monoisotopic (exact) mass is 222 g/mol. The molecular weight excluding hydrogens is 214 g/mol. The summed E-state index contributed by atoms with van der Waals surface area (Å²) in [6.07, 6.45) is -2.03. The highest BCUT2D eigenvalue weighted by Crippen LogP contribution is 2.31. The molecule has 16 heavy (non-hydrogen) atoms. The number of furan rings is 1. The summed E-state index contributed by atoms with van der Waals surface area (Å²) >= 11 is 0. The first-order valence-corrected chi connectivity index (χ1v) is 4.65. The zero-order chi connectivity index (χ0) is 11.5. The molecule has 0 radical (unpaired) electrons. The zero-order valence-corrected chi connectivity index (χ0v) is 8.19. The van der Waals surface area contributed by atoms with Crippen molar-refractivity contribution in [1.29, 1.82) is 0 Å². The van der Waals surface area contributed by atoms with Crippen LogP contribution in [0.1, 0.15) is 22.5 Å².